The van der Waals surface area contributed by atoms with Gasteiger partial charge in [0.1, 0.15) is 5.75 Å². The summed E-state index contributed by atoms with van der Waals surface area (Å²) < 4.78 is 0. The number of phenols is 1. The Labute approximate surface area is 176 Å². The lowest BCUT2D eigenvalue weighted by atomic mass is 9.98. The third-order valence-corrected chi connectivity index (χ3v) is 7.01. The minimum atomic E-state index is 0.233. The van der Waals surface area contributed by atoms with Gasteiger partial charge in [-0.1, -0.05) is 11.6 Å². The highest BCUT2D eigenvalue weighted by atomic mass is 35.5. The molecule has 154 valence electrons. The van der Waals surface area contributed by atoms with Gasteiger partial charge in [-0.05, 0) is 49.8 Å². The molecule has 0 radical (unpaired) electrons. The van der Waals surface area contributed by atoms with Crippen LogP contribution in [0.1, 0.15) is 48.5 Å². The van der Waals surface area contributed by atoms with Crippen LogP contribution in [0.15, 0.2) is 24.4 Å². The van der Waals surface area contributed by atoms with Gasteiger partial charge in [0.05, 0.1) is 5.69 Å². The van der Waals surface area contributed by atoms with Crippen LogP contribution in [-0.4, -0.2) is 50.8 Å². The molecule has 6 nitrogen and oxygen atoms in total. The molecule has 4 heterocycles. The number of aliphatic hydroxyl groups is 1. The number of phenolic OH excluding ortho intramolecular Hbond substituents is 1. The Hall–Kier alpha value is -1.89. The molecule has 3 aliphatic heterocycles. The van der Waals surface area contributed by atoms with Crippen LogP contribution in [-0.2, 0) is 13.0 Å². The Morgan fingerprint density at radius 3 is 2.97 bits per heavy atom. The number of anilines is 1. The summed E-state index contributed by atoms with van der Waals surface area (Å²) in [6.07, 6.45) is 7.31. The minimum Gasteiger partial charge on any atom is -0.508 e. The van der Waals surface area contributed by atoms with Crippen molar-refractivity contribution >= 4 is 17.5 Å². The lowest BCUT2D eigenvalue weighted by Gasteiger charge is -2.37. The fourth-order valence-electron chi connectivity index (χ4n) is 5.24. The van der Waals surface area contributed by atoms with Crippen molar-refractivity contribution < 1.29 is 10.2 Å². The maximum atomic E-state index is 10.2. The van der Waals surface area contributed by atoms with Gasteiger partial charge in [-0.2, -0.15) is 0 Å². The van der Waals surface area contributed by atoms with E-state index in [1.165, 1.54) is 11.3 Å². The van der Waals surface area contributed by atoms with E-state index in [-0.39, 0.29) is 6.61 Å². The Bertz CT molecular complexity index is 908. The molecule has 2 fully saturated rings. The van der Waals surface area contributed by atoms with Crippen LogP contribution < -0.4 is 4.90 Å². The zero-order valence-corrected chi connectivity index (χ0v) is 17.2. The van der Waals surface area contributed by atoms with Gasteiger partial charge in [0, 0.05) is 67.1 Å². The monoisotopic (exact) mass is 414 g/mol. The average Bonchev–Trinajstić information content (AvgIpc) is 3.02. The van der Waals surface area contributed by atoms with Crippen LogP contribution >= 0.6 is 11.6 Å². The predicted molar refractivity (Wildman–Crippen MR) is 112 cm³/mol. The van der Waals surface area contributed by atoms with Crippen molar-refractivity contribution in [1.29, 1.82) is 0 Å². The molecule has 1 aromatic carbocycles. The van der Waals surface area contributed by atoms with Crippen LogP contribution in [0.25, 0.3) is 0 Å². The molecule has 0 aliphatic carbocycles. The Balaban J connectivity index is 1.38. The molecule has 0 unspecified atom stereocenters. The molecule has 2 bridgehead atoms. The van der Waals surface area contributed by atoms with E-state index in [1.54, 1.807) is 12.1 Å². The Morgan fingerprint density at radius 1 is 1.21 bits per heavy atom. The third-order valence-electron chi connectivity index (χ3n) is 6.77. The lowest BCUT2D eigenvalue weighted by Crippen LogP contribution is -2.40. The highest BCUT2D eigenvalue weighted by Gasteiger charge is 2.41. The number of aliphatic hydroxyl groups excluding tert-OH is 1. The summed E-state index contributed by atoms with van der Waals surface area (Å²) in [5, 5.41) is 20.4. The molecule has 0 saturated carbocycles. The van der Waals surface area contributed by atoms with Crippen molar-refractivity contribution in [3.8, 4) is 5.75 Å². The average molecular weight is 415 g/mol. The van der Waals surface area contributed by atoms with E-state index in [9.17, 15) is 10.2 Å². The number of aromatic nitrogens is 2. The first-order chi connectivity index (χ1) is 14.1. The number of hydrogen-bond acceptors (Lipinski definition) is 6. The molecule has 3 aliphatic rings. The molecule has 7 heteroatoms. The second-order valence-corrected chi connectivity index (χ2v) is 9.04. The molecule has 0 amide bonds. The van der Waals surface area contributed by atoms with Gasteiger partial charge in [0.2, 0.25) is 5.95 Å². The van der Waals surface area contributed by atoms with E-state index in [1.807, 2.05) is 12.3 Å². The first-order valence-electron chi connectivity index (χ1n) is 10.6. The summed E-state index contributed by atoms with van der Waals surface area (Å²) in [7, 11) is 0. The van der Waals surface area contributed by atoms with E-state index in [2.05, 4.69) is 9.80 Å². The van der Waals surface area contributed by atoms with Crippen LogP contribution in [0.3, 0.4) is 0 Å². The van der Waals surface area contributed by atoms with Crippen LogP contribution in [0.2, 0.25) is 5.02 Å². The summed E-state index contributed by atoms with van der Waals surface area (Å²) in [4.78, 5) is 14.4. The number of piperidine rings is 1. The van der Waals surface area contributed by atoms with Gasteiger partial charge < -0.3 is 15.1 Å². The summed E-state index contributed by atoms with van der Waals surface area (Å²) in [5.74, 6) is 1.43. The number of rotatable bonds is 4. The molecule has 0 spiro atoms. The van der Waals surface area contributed by atoms with Crippen molar-refractivity contribution in [2.75, 3.05) is 24.6 Å². The van der Waals surface area contributed by atoms with Crippen molar-refractivity contribution in [2.24, 2.45) is 5.92 Å². The predicted octanol–water partition coefficient (Wildman–Crippen LogP) is 3.31. The summed E-state index contributed by atoms with van der Waals surface area (Å²) >= 11 is 6.15. The van der Waals surface area contributed by atoms with Crippen molar-refractivity contribution in [3.05, 3.63) is 46.2 Å². The standard InChI is InChI=1S/C22H27ClN4O2/c23-16-3-6-21(29)15(8-16)12-27-17-4-5-20(27)18-10-24-22(25-19(18)9-17)26-7-1-2-14(11-26)13-28/h3,6,8,10,14,17,20,28-29H,1-2,4-5,7,9,11-13H2/t14-,17+,20+/m0/s1. The largest absolute Gasteiger partial charge is 0.508 e. The topological polar surface area (TPSA) is 72.7 Å². The van der Waals surface area contributed by atoms with E-state index < -0.39 is 0 Å². The maximum Gasteiger partial charge on any atom is 0.225 e. The molecule has 2 N–H and O–H groups in total. The number of benzene rings is 1. The van der Waals surface area contributed by atoms with Crippen molar-refractivity contribution in [1.82, 2.24) is 14.9 Å². The molecule has 29 heavy (non-hydrogen) atoms. The molecule has 1 aromatic heterocycles. The van der Waals surface area contributed by atoms with E-state index in [0.717, 1.165) is 56.7 Å². The summed E-state index contributed by atoms with van der Waals surface area (Å²) in [5.41, 5.74) is 3.26. The molecule has 5 rings (SSSR count). The van der Waals surface area contributed by atoms with Crippen molar-refractivity contribution in [2.45, 2.75) is 50.7 Å². The summed E-state index contributed by atoms with van der Waals surface area (Å²) in [6, 6.07) is 5.98. The van der Waals surface area contributed by atoms with Gasteiger partial charge in [-0.25, -0.2) is 9.97 Å². The second kappa shape index (κ2) is 7.74. The first-order valence-corrected chi connectivity index (χ1v) is 10.9. The molecule has 2 aromatic rings. The number of aromatic hydroxyl groups is 1. The second-order valence-electron chi connectivity index (χ2n) is 8.61. The zero-order chi connectivity index (χ0) is 20.0. The Kier molecular flexibility index (Phi) is 5.10. The molecular weight excluding hydrogens is 388 g/mol. The highest BCUT2D eigenvalue weighted by molar-refractivity contribution is 6.30. The zero-order valence-electron chi connectivity index (χ0n) is 16.5. The fourth-order valence-corrected chi connectivity index (χ4v) is 5.43. The minimum absolute atomic E-state index is 0.233. The third kappa shape index (κ3) is 3.58. The van der Waals surface area contributed by atoms with Gasteiger partial charge >= 0.3 is 0 Å². The quantitative estimate of drug-likeness (QED) is 0.799. The van der Waals surface area contributed by atoms with Crippen molar-refractivity contribution in [3.63, 3.8) is 0 Å². The van der Waals surface area contributed by atoms with Gasteiger partial charge in [-0.15, -0.1) is 0 Å². The van der Waals surface area contributed by atoms with Crippen LogP contribution in [0, 0.1) is 5.92 Å². The highest BCUT2D eigenvalue weighted by Crippen LogP contribution is 2.44. The number of hydrogen-bond donors (Lipinski definition) is 2. The number of halogens is 1. The summed E-state index contributed by atoms with van der Waals surface area (Å²) in [6.45, 7) is 2.72. The van der Waals surface area contributed by atoms with Gasteiger partial charge in [-0.3, -0.25) is 4.90 Å². The van der Waals surface area contributed by atoms with Crippen LogP contribution in [0.4, 0.5) is 5.95 Å². The van der Waals surface area contributed by atoms with E-state index in [0.29, 0.717) is 35.3 Å². The van der Waals surface area contributed by atoms with E-state index >= 15 is 0 Å². The van der Waals surface area contributed by atoms with E-state index in [4.69, 9.17) is 21.6 Å². The number of nitrogens with zero attached hydrogens (tertiary/aromatic N) is 4. The lowest BCUT2D eigenvalue weighted by molar-refractivity contribution is 0.164. The number of fused-ring (bicyclic) bond motifs is 4. The maximum absolute atomic E-state index is 10.2. The van der Waals surface area contributed by atoms with Crippen LogP contribution in [0.5, 0.6) is 5.75 Å². The molecular formula is C22H27ClN4O2. The molecule has 3 atom stereocenters. The fraction of sp³-hybridized carbons (Fsp3) is 0.545. The smallest absolute Gasteiger partial charge is 0.225 e. The SMILES string of the molecule is OC[C@H]1CCCN(c2ncc3c(n2)C[C@H]2CC[C@H]3N2Cc2cc(Cl)ccc2O)C1. The Morgan fingerprint density at radius 2 is 2.10 bits per heavy atom. The van der Waals surface area contributed by atoms with Gasteiger partial charge in [0.25, 0.3) is 0 Å². The first kappa shape index (κ1) is 19.1. The normalized spacial score (nSPS) is 26.6. The molecule has 2 saturated heterocycles. The van der Waals surface area contributed by atoms with Gasteiger partial charge in [0.15, 0.2) is 0 Å².